The molecule has 0 saturated carbocycles. The van der Waals surface area contributed by atoms with Crippen molar-refractivity contribution < 1.29 is 24.2 Å². The Morgan fingerprint density at radius 3 is 2.38 bits per heavy atom. The Morgan fingerprint density at radius 1 is 1.03 bits per heavy atom. The van der Waals surface area contributed by atoms with Gasteiger partial charge in [-0.05, 0) is 79.1 Å². The first kappa shape index (κ1) is 23.6. The third-order valence-electron chi connectivity index (χ3n) is 5.79. The van der Waals surface area contributed by atoms with E-state index in [0.29, 0.717) is 25.2 Å². The molecular weight excluding hydrogens is 404 g/mol. The van der Waals surface area contributed by atoms with Gasteiger partial charge in [-0.25, -0.2) is 4.79 Å². The summed E-state index contributed by atoms with van der Waals surface area (Å²) < 4.78 is 10.2. The summed E-state index contributed by atoms with van der Waals surface area (Å²) in [6.07, 6.45) is 1.08. The minimum atomic E-state index is -0.545. The number of ether oxygens (including phenoxy) is 2. The molecule has 1 aliphatic rings. The molecule has 2 aromatic rings. The quantitative estimate of drug-likeness (QED) is 0.555. The fourth-order valence-electron chi connectivity index (χ4n) is 4.22. The van der Waals surface area contributed by atoms with E-state index in [9.17, 15) is 14.7 Å². The molecule has 0 amide bonds. The molecule has 32 heavy (non-hydrogen) atoms. The number of benzene rings is 2. The molecule has 1 N–H and O–H groups in total. The van der Waals surface area contributed by atoms with E-state index in [1.54, 1.807) is 38.1 Å². The van der Waals surface area contributed by atoms with Crippen LogP contribution >= 0.6 is 0 Å². The molecule has 0 aromatic heterocycles. The van der Waals surface area contributed by atoms with Crippen LogP contribution in [0.5, 0.6) is 0 Å². The molecule has 0 heterocycles. The average molecular weight is 435 g/mol. The Morgan fingerprint density at radius 2 is 1.72 bits per heavy atom. The molecule has 0 aliphatic heterocycles. The van der Waals surface area contributed by atoms with Gasteiger partial charge in [0.2, 0.25) is 0 Å². The smallest absolute Gasteiger partial charge is 0.338 e. The minimum absolute atomic E-state index is 0.110. The van der Waals surface area contributed by atoms with Crippen molar-refractivity contribution in [2.45, 2.75) is 58.5 Å². The molecule has 2 aromatic carbocycles. The molecule has 5 heteroatoms. The van der Waals surface area contributed by atoms with Crippen LogP contribution in [0, 0.1) is 11.8 Å². The highest BCUT2D eigenvalue weighted by molar-refractivity contribution is 5.89. The second-order valence-electron chi connectivity index (χ2n) is 8.52. The molecule has 1 aliphatic carbocycles. The third kappa shape index (κ3) is 5.20. The number of hydrogen-bond acceptors (Lipinski definition) is 5. The summed E-state index contributed by atoms with van der Waals surface area (Å²) in [6.45, 7) is 8.47. The van der Waals surface area contributed by atoms with Crippen LogP contribution in [0.2, 0.25) is 0 Å². The van der Waals surface area contributed by atoms with Crippen molar-refractivity contribution >= 4 is 11.9 Å². The molecule has 0 bridgehead atoms. The van der Waals surface area contributed by atoms with E-state index >= 15 is 0 Å². The van der Waals surface area contributed by atoms with E-state index in [1.165, 1.54) is 0 Å². The summed E-state index contributed by atoms with van der Waals surface area (Å²) in [5.74, 6) is 5.66. The average Bonchev–Trinajstić information content (AvgIpc) is 2.76. The maximum absolute atomic E-state index is 12.4. The van der Waals surface area contributed by atoms with Crippen LogP contribution < -0.4 is 0 Å². The van der Waals surface area contributed by atoms with Gasteiger partial charge in [-0.1, -0.05) is 31.8 Å². The van der Waals surface area contributed by atoms with E-state index in [1.807, 2.05) is 12.1 Å². The van der Waals surface area contributed by atoms with Gasteiger partial charge in [-0.15, -0.1) is 0 Å². The predicted octanol–water partition coefficient (Wildman–Crippen LogP) is 4.47. The van der Waals surface area contributed by atoms with Gasteiger partial charge in [-0.3, -0.25) is 4.79 Å². The van der Waals surface area contributed by atoms with Crippen molar-refractivity contribution in [3.05, 3.63) is 69.8 Å². The van der Waals surface area contributed by atoms with Crippen LogP contribution in [0.1, 0.15) is 84.8 Å². The SMILES string of the molecule is CCOC(=O)Cc1c(C#Cc2ccc(C(=O)OCC)cc2)ccc2c1C(C)(C)CCC2O. The number of aliphatic hydroxyl groups is 1. The molecule has 168 valence electrons. The van der Waals surface area contributed by atoms with Crippen LogP contribution in [0.25, 0.3) is 0 Å². The van der Waals surface area contributed by atoms with Crippen LogP contribution in [-0.2, 0) is 26.1 Å². The van der Waals surface area contributed by atoms with E-state index < -0.39 is 6.10 Å². The molecule has 0 fully saturated rings. The first-order valence-corrected chi connectivity index (χ1v) is 11.1. The monoisotopic (exact) mass is 434 g/mol. The molecule has 3 rings (SSSR count). The maximum Gasteiger partial charge on any atom is 0.338 e. The van der Waals surface area contributed by atoms with Crippen molar-refractivity contribution in [2.24, 2.45) is 0 Å². The van der Waals surface area contributed by atoms with Crippen LogP contribution in [0.4, 0.5) is 0 Å². The Labute approximate surface area is 189 Å². The second-order valence-corrected chi connectivity index (χ2v) is 8.52. The number of hydrogen-bond donors (Lipinski definition) is 1. The molecule has 0 spiro atoms. The van der Waals surface area contributed by atoms with Gasteiger partial charge in [0.25, 0.3) is 0 Å². The fourth-order valence-corrected chi connectivity index (χ4v) is 4.22. The molecule has 5 nitrogen and oxygen atoms in total. The molecule has 0 radical (unpaired) electrons. The fraction of sp³-hybridized carbons (Fsp3) is 0.407. The van der Waals surface area contributed by atoms with Crippen molar-refractivity contribution in [2.75, 3.05) is 13.2 Å². The lowest BCUT2D eigenvalue weighted by atomic mass is 9.68. The van der Waals surface area contributed by atoms with Crippen LogP contribution in [-0.4, -0.2) is 30.3 Å². The zero-order valence-electron chi connectivity index (χ0n) is 19.2. The normalized spacial score (nSPS) is 16.3. The Balaban J connectivity index is 2.02. The summed E-state index contributed by atoms with van der Waals surface area (Å²) in [7, 11) is 0. The zero-order chi connectivity index (χ0) is 23.3. The summed E-state index contributed by atoms with van der Waals surface area (Å²) in [6, 6.07) is 10.7. The topological polar surface area (TPSA) is 72.8 Å². The number of carbonyl (C=O) groups is 2. The summed E-state index contributed by atoms with van der Waals surface area (Å²) in [5, 5.41) is 10.6. The first-order chi connectivity index (χ1) is 15.3. The summed E-state index contributed by atoms with van der Waals surface area (Å²) in [4.78, 5) is 24.2. The number of rotatable bonds is 5. The number of carbonyl (C=O) groups excluding carboxylic acids is 2. The predicted molar refractivity (Wildman–Crippen MR) is 122 cm³/mol. The van der Waals surface area contributed by atoms with Crippen molar-refractivity contribution in [3.8, 4) is 11.8 Å². The van der Waals surface area contributed by atoms with Crippen molar-refractivity contribution in [1.29, 1.82) is 0 Å². The van der Waals surface area contributed by atoms with Gasteiger partial charge in [0.05, 0.1) is 31.3 Å². The Hall–Kier alpha value is -3.10. The zero-order valence-corrected chi connectivity index (χ0v) is 19.2. The van der Waals surface area contributed by atoms with E-state index in [-0.39, 0.29) is 23.8 Å². The molecule has 0 saturated heterocycles. The Kier molecular flexibility index (Phi) is 7.37. The molecule has 1 atom stereocenters. The lowest BCUT2D eigenvalue weighted by Gasteiger charge is -2.37. The standard InChI is InChI=1S/C27H30O5/c1-5-31-24(29)17-22-19(13-14-21-23(28)15-16-27(3,4)25(21)22)10-7-18-8-11-20(12-9-18)26(30)32-6-2/h8-9,11-14,23,28H,5-6,15-17H2,1-4H3. The van der Waals surface area contributed by atoms with E-state index in [2.05, 4.69) is 25.7 Å². The maximum atomic E-state index is 12.4. The highest BCUT2D eigenvalue weighted by Gasteiger charge is 2.35. The van der Waals surface area contributed by atoms with Crippen molar-refractivity contribution in [3.63, 3.8) is 0 Å². The van der Waals surface area contributed by atoms with E-state index in [0.717, 1.165) is 34.2 Å². The van der Waals surface area contributed by atoms with Crippen molar-refractivity contribution in [1.82, 2.24) is 0 Å². The van der Waals surface area contributed by atoms with Gasteiger partial charge < -0.3 is 14.6 Å². The van der Waals surface area contributed by atoms with Gasteiger partial charge in [0.15, 0.2) is 0 Å². The molecular formula is C27H30O5. The van der Waals surface area contributed by atoms with Gasteiger partial charge in [0, 0.05) is 11.1 Å². The highest BCUT2D eigenvalue weighted by atomic mass is 16.5. The number of fused-ring (bicyclic) bond motifs is 1. The lowest BCUT2D eigenvalue weighted by Crippen LogP contribution is -2.29. The van der Waals surface area contributed by atoms with Gasteiger partial charge in [-0.2, -0.15) is 0 Å². The summed E-state index contributed by atoms with van der Waals surface area (Å²) >= 11 is 0. The number of esters is 2. The largest absolute Gasteiger partial charge is 0.466 e. The highest BCUT2D eigenvalue weighted by Crippen LogP contribution is 2.44. The van der Waals surface area contributed by atoms with Gasteiger partial charge >= 0.3 is 11.9 Å². The first-order valence-electron chi connectivity index (χ1n) is 11.1. The number of aliphatic hydroxyl groups excluding tert-OH is 1. The van der Waals surface area contributed by atoms with Crippen LogP contribution in [0.15, 0.2) is 36.4 Å². The Bertz CT molecular complexity index is 1050. The third-order valence-corrected chi connectivity index (χ3v) is 5.79. The van der Waals surface area contributed by atoms with Crippen LogP contribution in [0.3, 0.4) is 0 Å². The summed E-state index contributed by atoms with van der Waals surface area (Å²) in [5.41, 5.74) is 4.46. The second kappa shape index (κ2) is 10.0. The lowest BCUT2D eigenvalue weighted by molar-refractivity contribution is -0.142. The minimum Gasteiger partial charge on any atom is -0.466 e. The molecule has 1 unspecified atom stereocenters. The van der Waals surface area contributed by atoms with Gasteiger partial charge in [0.1, 0.15) is 0 Å². The van der Waals surface area contributed by atoms with E-state index in [4.69, 9.17) is 9.47 Å².